The second-order valence-corrected chi connectivity index (χ2v) is 5.73. The number of urea groups is 1. The number of amides is 2. The molecule has 2 amide bonds. The maximum atomic E-state index is 11.6. The number of carboxylic acids is 1. The third-order valence-electron chi connectivity index (χ3n) is 2.61. The molecule has 5 nitrogen and oxygen atoms in total. The molecule has 0 spiro atoms. The van der Waals surface area contributed by atoms with Crippen LogP contribution >= 0.6 is 11.3 Å². The van der Waals surface area contributed by atoms with Gasteiger partial charge in [0.15, 0.2) is 0 Å². The molecule has 1 aromatic heterocycles. The third-order valence-corrected chi connectivity index (χ3v) is 3.59. The average Bonchev–Trinajstić information content (AvgIpc) is 2.57. The molecule has 0 bridgehead atoms. The summed E-state index contributed by atoms with van der Waals surface area (Å²) in [4.78, 5) is 24.5. The average molecular weight is 270 g/mol. The summed E-state index contributed by atoms with van der Waals surface area (Å²) in [6, 6.07) is 0.519. The Bertz CT molecular complexity index is 456. The van der Waals surface area contributed by atoms with E-state index in [9.17, 15) is 9.59 Å². The highest BCUT2D eigenvalue weighted by atomic mass is 32.1. The number of hydrogen-bond acceptors (Lipinski definition) is 3. The fourth-order valence-electron chi connectivity index (χ4n) is 1.65. The molecule has 0 saturated carbocycles. The molecule has 0 aliphatic carbocycles. The number of thiophene rings is 1. The van der Waals surface area contributed by atoms with Crippen LogP contribution in [0.25, 0.3) is 0 Å². The molecular formula is C12H18N2O3S. The summed E-state index contributed by atoms with van der Waals surface area (Å²) in [6.45, 7) is 7.31. The van der Waals surface area contributed by atoms with Gasteiger partial charge < -0.3 is 15.7 Å². The van der Waals surface area contributed by atoms with Crippen molar-refractivity contribution in [3.05, 3.63) is 21.4 Å². The Kier molecular flexibility index (Phi) is 4.72. The van der Waals surface area contributed by atoms with E-state index in [-0.39, 0.29) is 6.04 Å². The summed E-state index contributed by atoms with van der Waals surface area (Å²) in [5.74, 6) is -1.06. The van der Waals surface area contributed by atoms with Crippen LogP contribution in [-0.4, -0.2) is 23.1 Å². The van der Waals surface area contributed by atoms with Gasteiger partial charge in [-0.25, -0.2) is 4.79 Å². The van der Waals surface area contributed by atoms with Crippen molar-refractivity contribution >= 4 is 23.3 Å². The summed E-state index contributed by atoms with van der Waals surface area (Å²) >= 11 is 1.68. The summed E-state index contributed by atoms with van der Waals surface area (Å²) < 4.78 is 0. The van der Waals surface area contributed by atoms with Crippen LogP contribution in [0.2, 0.25) is 0 Å². The normalized spacial score (nSPS) is 13.8. The second kappa shape index (κ2) is 5.86. The first-order chi connectivity index (χ1) is 8.31. The van der Waals surface area contributed by atoms with Crippen molar-refractivity contribution < 1.29 is 14.7 Å². The van der Waals surface area contributed by atoms with E-state index in [0.29, 0.717) is 0 Å². The maximum Gasteiger partial charge on any atom is 0.325 e. The molecule has 100 valence electrons. The van der Waals surface area contributed by atoms with Crippen molar-refractivity contribution in [1.82, 2.24) is 10.6 Å². The lowest BCUT2D eigenvalue weighted by atomic mass is 10.1. The summed E-state index contributed by atoms with van der Waals surface area (Å²) in [6.07, 6.45) is 0. The van der Waals surface area contributed by atoms with Crippen molar-refractivity contribution in [3.8, 4) is 0 Å². The van der Waals surface area contributed by atoms with Crippen LogP contribution in [0.15, 0.2) is 6.07 Å². The van der Waals surface area contributed by atoms with E-state index in [0.717, 1.165) is 10.4 Å². The summed E-state index contributed by atoms with van der Waals surface area (Å²) in [5, 5.41) is 13.8. The van der Waals surface area contributed by atoms with Gasteiger partial charge in [-0.05, 0) is 39.3 Å². The second-order valence-electron chi connectivity index (χ2n) is 4.27. The molecule has 0 fully saturated rings. The minimum Gasteiger partial charge on any atom is -0.480 e. The predicted molar refractivity (Wildman–Crippen MR) is 71.0 cm³/mol. The molecule has 2 atom stereocenters. The first kappa shape index (κ1) is 14.5. The Labute approximate surface area is 110 Å². The molecule has 0 aromatic carbocycles. The highest BCUT2D eigenvalue weighted by molar-refractivity contribution is 7.12. The Balaban J connectivity index is 2.60. The smallest absolute Gasteiger partial charge is 0.325 e. The zero-order valence-electron chi connectivity index (χ0n) is 10.9. The molecule has 0 radical (unpaired) electrons. The van der Waals surface area contributed by atoms with Crippen LogP contribution in [0.4, 0.5) is 4.79 Å². The van der Waals surface area contributed by atoms with Crippen LogP contribution in [0.3, 0.4) is 0 Å². The van der Waals surface area contributed by atoms with Gasteiger partial charge in [-0.3, -0.25) is 4.79 Å². The van der Waals surface area contributed by atoms with Crippen LogP contribution in [0, 0.1) is 13.8 Å². The van der Waals surface area contributed by atoms with Crippen molar-refractivity contribution in [2.45, 2.75) is 39.8 Å². The van der Waals surface area contributed by atoms with E-state index >= 15 is 0 Å². The van der Waals surface area contributed by atoms with Gasteiger partial charge in [-0.15, -0.1) is 11.3 Å². The number of aryl methyl sites for hydroxylation is 2. The lowest BCUT2D eigenvalue weighted by molar-refractivity contribution is -0.138. The van der Waals surface area contributed by atoms with E-state index < -0.39 is 18.0 Å². The largest absolute Gasteiger partial charge is 0.480 e. The molecule has 0 aliphatic rings. The van der Waals surface area contributed by atoms with Gasteiger partial charge in [0, 0.05) is 9.75 Å². The molecule has 0 aliphatic heterocycles. The van der Waals surface area contributed by atoms with Gasteiger partial charge in [-0.2, -0.15) is 0 Å². The summed E-state index contributed by atoms with van der Waals surface area (Å²) in [7, 11) is 0. The molecule has 0 saturated heterocycles. The number of rotatable bonds is 4. The topological polar surface area (TPSA) is 78.4 Å². The molecule has 1 unspecified atom stereocenters. The maximum absolute atomic E-state index is 11.6. The number of carboxylic acid groups (broad SMARTS) is 1. The van der Waals surface area contributed by atoms with E-state index in [4.69, 9.17) is 5.11 Å². The van der Waals surface area contributed by atoms with Gasteiger partial charge in [0.05, 0.1) is 6.04 Å². The van der Waals surface area contributed by atoms with Crippen LogP contribution in [0.5, 0.6) is 0 Å². The molecule has 1 heterocycles. The van der Waals surface area contributed by atoms with Crippen molar-refractivity contribution in [2.24, 2.45) is 0 Å². The van der Waals surface area contributed by atoms with Crippen LogP contribution in [-0.2, 0) is 4.79 Å². The van der Waals surface area contributed by atoms with Gasteiger partial charge in [0.25, 0.3) is 0 Å². The quantitative estimate of drug-likeness (QED) is 0.784. The molecule has 3 N–H and O–H groups in total. The number of aliphatic carboxylic acids is 1. The first-order valence-electron chi connectivity index (χ1n) is 5.68. The number of carbonyl (C=O) groups excluding carboxylic acids is 1. The molecule has 18 heavy (non-hydrogen) atoms. The van der Waals surface area contributed by atoms with Crippen molar-refractivity contribution in [2.75, 3.05) is 0 Å². The number of carbonyl (C=O) groups is 2. The van der Waals surface area contributed by atoms with Gasteiger partial charge in [0.1, 0.15) is 6.04 Å². The van der Waals surface area contributed by atoms with Gasteiger partial charge >= 0.3 is 12.0 Å². The number of nitrogens with one attached hydrogen (secondary N) is 2. The minimum atomic E-state index is -1.06. The van der Waals surface area contributed by atoms with E-state index in [1.54, 1.807) is 11.3 Å². The molecule has 1 rings (SSSR count). The summed E-state index contributed by atoms with van der Waals surface area (Å²) in [5.41, 5.74) is 1.07. The lowest BCUT2D eigenvalue weighted by Crippen LogP contribution is -2.45. The highest BCUT2D eigenvalue weighted by Crippen LogP contribution is 2.25. The SMILES string of the molecule is Cc1cc(C(C)NC(=O)N[C@H](C)C(=O)O)c(C)s1. The fraction of sp³-hybridized carbons (Fsp3) is 0.500. The van der Waals surface area contributed by atoms with Crippen LogP contribution in [0.1, 0.15) is 35.2 Å². The lowest BCUT2D eigenvalue weighted by Gasteiger charge is -2.16. The Morgan fingerprint density at radius 3 is 2.33 bits per heavy atom. The van der Waals surface area contributed by atoms with Gasteiger partial charge in [0.2, 0.25) is 0 Å². The Morgan fingerprint density at radius 1 is 1.28 bits per heavy atom. The van der Waals surface area contributed by atoms with E-state index in [1.165, 1.54) is 11.8 Å². The highest BCUT2D eigenvalue weighted by Gasteiger charge is 2.17. The van der Waals surface area contributed by atoms with E-state index in [2.05, 4.69) is 10.6 Å². The molecule has 1 aromatic rings. The third kappa shape index (κ3) is 3.73. The van der Waals surface area contributed by atoms with Crippen molar-refractivity contribution in [3.63, 3.8) is 0 Å². The van der Waals surface area contributed by atoms with Gasteiger partial charge in [-0.1, -0.05) is 0 Å². The fourth-order valence-corrected chi connectivity index (χ4v) is 2.68. The van der Waals surface area contributed by atoms with Crippen LogP contribution < -0.4 is 10.6 Å². The zero-order chi connectivity index (χ0) is 13.9. The minimum absolute atomic E-state index is 0.143. The number of hydrogen-bond donors (Lipinski definition) is 3. The van der Waals surface area contributed by atoms with Crippen molar-refractivity contribution in [1.29, 1.82) is 0 Å². The standard InChI is InChI=1S/C12H18N2O3S/c1-6-5-10(9(4)18-6)7(2)13-12(17)14-8(3)11(15)16/h5,7-8H,1-4H3,(H,15,16)(H2,13,14,17)/t7?,8-/m1/s1. The molecule has 6 heteroatoms. The first-order valence-corrected chi connectivity index (χ1v) is 6.49. The molecular weight excluding hydrogens is 252 g/mol. The van der Waals surface area contributed by atoms with E-state index in [1.807, 2.05) is 26.8 Å². The Morgan fingerprint density at radius 2 is 1.89 bits per heavy atom. The zero-order valence-corrected chi connectivity index (χ0v) is 11.7. The Hall–Kier alpha value is -1.56. The predicted octanol–water partition coefficient (Wildman–Crippen LogP) is 2.20. The monoisotopic (exact) mass is 270 g/mol.